The molecule has 1 aromatic heterocycles. The molecular weight excluding hydrogens is 228 g/mol. The Hall–Kier alpha value is -0.310. The van der Waals surface area contributed by atoms with Crippen LogP contribution in [0.3, 0.4) is 0 Å². The highest BCUT2D eigenvalue weighted by atomic mass is 79.9. The van der Waals surface area contributed by atoms with Crippen LogP contribution in [-0.4, -0.2) is 14.9 Å². The minimum Gasteiger partial charge on any atom is -0.338 e. The molecule has 0 unspecified atom stereocenters. The molecule has 0 amide bonds. The summed E-state index contributed by atoms with van der Waals surface area (Å²) in [5, 5.41) is 1.16. The van der Waals surface area contributed by atoms with Crippen molar-refractivity contribution < 1.29 is 0 Å². The van der Waals surface area contributed by atoms with Crippen molar-refractivity contribution in [2.24, 2.45) is 12.5 Å². The van der Waals surface area contributed by atoms with Gasteiger partial charge in [-0.1, -0.05) is 15.9 Å². The topological polar surface area (TPSA) is 17.8 Å². The summed E-state index contributed by atoms with van der Waals surface area (Å²) in [5.41, 5.74) is 0.617. The zero-order chi connectivity index (χ0) is 9.31. The van der Waals surface area contributed by atoms with E-state index in [-0.39, 0.29) is 0 Å². The normalized spacial score (nSPS) is 18.9. The Morgan fingerprint density at radius 3 is 2.85 bits per heavy atom. The number of aromatic nitrogens is 2. The second kappa shape index (κ2) is 3.45. The Morgan fingerprint density at radius 1 is 1.62 bits per heavy atom. The number of halogens is 1. The molecule has 1 aliphatic rings. The number of nitrogens with zero attached hydrogens (tertiary/aromatic N) is 2. The number of hydrogen-bond acceptors (Lipinski definition) is 1. The summed E-state index contributed by atoms with van der Waals surface area (Å²) < 4.78 is 2.12. The van der Waals surface area contributed by atoms with Crippen molar-refractivity contribution >= 4 is 15.9 Å². The second-order valence-corrected chi connectivity index (χ2v) is 4.65. The fraction of sp³-hybridized carbons (Fsp3) is 0.700. The van der Waals surface area contributed by atoms with E-state index in [9.17, 15) is 0 Å². The molecule has 1 saturated carbocycles. The molecule has 72 valence electrons. The van der Waals surface area contributed by atoms with Crippen molar-refractivity contribution in [1.82, 2.24) is 9.55 Å². The van der Waals surface area contributed by atoms with Gasteiger partial charge in [0.2, 0.25) is 0 Å². The van der Waals surface area contributed by atoms with Crippen LogP contribution in [0.25, 0.3) is 0 Å². The van der Waals surface area contributed by atoms with E-state index in [1.165, 1.54) is 25.1 Å². The molecule has 0 spiro atoms. The number of hydrogen-bond donors (Lipinski definition) is 0. The average molecular weight is 243 g/mol. The Bertz CT molecular complexity index is 289. The van der Waals surface area contributed by atoms with Crippen LogP contribution < -0.4 is 0 Å². The molecule has 0 atom stereocenters. The molecule has 1 fully saturated rings. The molecule has 1 aliphatic carbocycles. The SMILES string of the molecule is Cn1ccnc1CCC1(CBr)CC1. The standard InChI is InChI=1S/C10H15BrN2/c1-13-7-6-12-9(13)2-3-10(8-11)4-5-10/h6-7H,2-5,8H2,1H3. The van der Waals surface area contributed by atoms with E-state index in [1.54, 1.807) is 0 Å². The monoisotopic (exact) mass is 242 g/mol. The summed E-state index contributed by atoms with van der Waals surface area (Å²) in [6.45, 7) is 0. The van der Waals surface area contributed by atoms with E-state index in [0.29, 0.717) is 5.41 Å². The first kappa shape index (κ1) is 9.25. The van der Waals surface area contributed by atoms with Crippen molar-refractivity contribution in [3.05, 3.63) is 18.2 Å². The van der Waals surface area contributed by atoms with E-state index < -0.39 is 0 Å². The molecule has 0 aromatic carbocycles. The van der Waals surface area contributed by atoms with Gasteiger partial charge in [-0.25, -0.2) is 4.98 Å². The molecular formula is C10H15BrN2. The van der Waals surface area contributed by atoms with Crippen LogP contribution in [0.5, 0.6) is 0 Å². The summed E-state index contributed by atoms with van der Waals surface area (Å²) in [6.07, 6.45) is 9.08. The first-order valence-electron chi connectivity index (χ1n) is 4.78. The number of rotatable bonds is 4. The summed E-state index contributed by atoms with van der Waals surface area (Å²) in [4.78, 5) is 4.33. The molecule has 0 aliphatic heterocycles. The Balaban J connectivity index is 1.90. The molecule has 1 heterocycles. The van der Waals surface area contributed by atoms with Crippen molar-refractivity contribution in [2.75, 3.05) is 5.33 Å². The van der Waals surface area contributed by atoms with Gasteiger partial charge < -0.3 is 4.57 Å². The highest BCUT2D eigenvalue weighted by molar-refractivity contribution is 9.09. The van der Waals surface area contributed by atoms with Crippen molar-refractivity contribution in [2.45, 2.75) is 25.7 Å². The largest absolute Gasteiger partial charge is 0.338 e. The van der Waals surface area contributed by atoms with Gasteiger partial charge in [0.1, 0.15) is 5.82 Å². The summed E-state index contributed by atoms with van der Waals surface area (Å²) >= 11 is 3.59. The van der Waals surface area contributed by atoms with Gasteiger partial charge in [0.15, 0.2) is 0 Å². The van der Waals surface area contributed by atoms with Crippen molar-refractivity contribution in [3.63, 3.8) is 0 Å². The third-order valence-electron chi connectivity index (χ3n) is 3.04. The van der Waals surface area contributed by atoms with Crippen LogP contribution in [0.1, 0.15) is 25.1 Å². The van der Waals surface area contributed by atoms with Gasteiger partial charge in [-0.3, -0.25) is 0 Å². The lowest BCUT2D eigenvalue weighted by atomic mass is 10.0. The van der Waals surface area contributed by atoms with Gasteiger partial charge >= 0.3 is 0 Å². The number of alkyl halides is 1. The molecule has 2 rings (SSSR count). The van der Waals surface area contributed by atoms with Crippen LogP contribution in [0.2, 0.25) is 0 Å². The Kier molecular flexibility index (Phi) is 2.45. The maximum atomic E-state index is 4.33. The van der Waals surface area contributed by atoms with Crippen LogP contribution in [-0.2, 0) is 13.5 Å². The van der Waals surface area contributed by atoms with Crippen molar-refractivity contribution in [1.29, 1.82) is 0 Å². The summed E-state index contributed by atoms with van der Waals surface area (Å²) in [7, 11) is 2.07. The first-order chi connectivity index (χ1) is 6.26. The minimum absolute atomic E-state index is 0.617. The molecule has 2 nitrogen and oxygen atoms in total. The lowest BCUT2D eigenvalue weighted by molar-refractivity contribution is 0.517. The van der Waals surface area contributed by atoms with Crippen molar-refractivity contribution in [3.8, 4) is 0 Å². The van der Waals surface area contributed by atoms with E-state index in [4.69, 9.17) is 0 Å². The smallest absolute Gasteiger partial charge is 0.108 e. The molecule has 0 saturated heterocycles. The Morgan fingerprint density at radius 2 is 2.38 bits per heavy atom. The van der Waals surface area contributed by atoms with Gasteiger partial charge in [0.05, 0.1) is 0 Å². The van der Waals surface area contributed by atoms with E-state index in [2.05, 4.69) is 32.5 Å². The molecule has 3 heteroatoms. The fourth-order valence-corrected chi connectivity index (χ4v) is 2.48. The van der Waals surface area contributed by atoms with Crippen LogP contribution in [0, 0.1) is 5.41 Å². The number of aryl methyl sites for hydroxylation is 2. The van der Waals surface area contributed by atoms with Crippen LogP contribution in [0.15, 0.2) is 12.4 Å². The second-order valence-electron chi connectivity index (χ2n) is 4.09. The predicted octanol–water partition coefficient (Wildman–Crippen LogP) is 2.53. The quantitative estimate of drug-likeness (QED) is 0.743. The summed E-state index contributed by atoms with van der Waals surface area (Å²) in [5.74, 6) is 1.22. The van der Waals surface area contributed by atoms with Crippen LogP contribution >= 0.6 is 15.9 Å². The molecule has 1 aromatic rings. The lowest BCUT2D eigenvalue weighted by Crippen LogP contribution is -2.06. The lowest BCUT2D eigenvalue weighted by Gasteiger charge is -2.10. The molecule has 13 heavy (non-hydrogen) atoms. The highest BCUT2D eigenvalue weighted by Gasteiger charge is 2.40. The maximum absolute atomic E-state index is 4.33. The minimum atomic E-state index is 0.617. The average Bonchev–Trinajstić information content (AvgIpc) is 2.82. The Labute approximate surface area is 87.5 Å². The third-order valence-corrected chi connectivity index (χ3v) is 4.23. The van der Waals surface area contributed by atoms with E-state index in [0.717, 1.165) is 11.8 Å². The van der Waals surface area contributed by atoms with Gasteiger partial charge in [-0.15, -0.1) is 0 Å². The third kappa shape index (κ3) is 1.96. The van der Waals surface area contributed by atoms with Gasteiger partial charge in [0.25, 0.3) is 0 Å². The van der Waals surface area contributed by atoms with Gasteiger partial charge in [0, 0.05) is 31.2 Å². The predicted molar refractivity (Wildman–Crippen MR) is 57.0 cm³/mol. The zero-order valence-corrected chi connectivity index (χ0v) is 9.55. The number of imidazole rings is 1. The van der Waals surface area contributed by atoms with E-state index >= 15 is 0 Å². The molecule has 0 bridgehead atoms. The van der Waals surface area contributed by atoms with Crippen LogP contribution in [0.4, 0.5) is 0 Å². The summed E-state index contributed by atoms with van der Waals surface area (Å²) in [6, 6.07) is 0. The zero-order valence-electron chi connectivity index (χ0n) is 7.96. The maximum Gasteiger partial charge on any atom is 0.108 e. The van der Waals surface area contributed by atoms with Gasteiger partial charge in [-0.2, -0.15) is 0 Å². The molecule has 0 radical (unpaired) electrons. The first-order valence-corrected chi connectivity index (χ1v) is 5.90. The molecule has 0 N–H and O–H groups in total. The highest BCUT2D eigenvalue weighted by Crippen LogP contribution is 2.50. The fourth-order valence-electron chi connectivity index (χ4n) is 1.64. The van der Waals surface area contributed by atoms with E-state index in [1.807, 2.05) is 12.4 Å². The van der Waals surface area contributed by atoms with Gasteiger partial charge in [-0.05, 0) is 24.7 Å².